The number of aryl methyl sites for hydroxylation is 1. The molecule has 1 aromatic carbocycles. The summed E-state index contributed by atoms with van der Waals surface area (Å²) < 4.78 is 62.4. The Morgan fingerprint density at radius 2 is 1.97 bits per heavy atom. The molecule has 2 atom stereocenters. The molecule has 0 amide bonds. The van der Waals surface area contributed by atoms with Crippen molar-refractivity contribution in [3.8, 4) is 5.75 Å². The molecule has 2 aliphatic rings. The Hall–Kier alpha value is -2.45. The van der Waals surface area contributed by atoms with Crippen LogP contribution in [-0.2, 0) is 11.8 Å². The van der Waals surface area contributed by atoms with Gasteiger partial charge in [-0.2, -0.15) is 13.2 Å². The summed E-state index contributed by atoms with van der Waals surface area (Å²) in [5.74, 6) is -0.101. The topological polar surface area (TPSA) is 54.4 Å². The highest BCUT2D eigenvalue weighted by atomic mass is 19.4. The molecule has 4 nitrogen and oxygen atoms in total. The van der Waals surface area contributed by atoms with E-state index in [-0.39, 0.29) is 0 Å². The number of fused-ring (bicyclic) bond motifs is 2. The summed E-state index contributed by atoms with van der Waals surface area (Å²) in [6, 6.07) is 5.82. The summed E-state index contributed by atoms with van der Waals surface area (Å²) in [4.78, 5) is 4.44. The molecule has 0 radical (unpaired) electrons. The maximum Gasteiger partial charge on any atom is 0.418 e. The van der Waals surface area contributed by atoms with Crippen molar-refractivity contribution < 1.29 is 27.4 Å². The molecule has 2 N–H and O–H groups in total. The first-order valence-corrected chi connectivity index (χ1v) is 11.0. The van der Waals surface area contributed by atoms with Gasteiger partial charge < -0.3 is 15.2 Å². The first kappa shape index (κ1) is 23.7. The van der Waals surface area contributed by atoms with Crippen molar-refractivity contribution in [2.75, 3.05) is 13.2 Å². The van der Waals surface area contributed by atoms with Crippen molar-refractivity contribution in [3.05, 3.63) is 64.2 Å². The van der Waals surface area contributed by atoms with Gasteiger partial charge in [-0.1, -0.05) is 26.0 Å². The normalized spacial score (nSPS) is 19.6. The first-order valence-electron chi connectivity index (χ1n) is 11.0. The van der Waals surface area contributed by atoms with E-state index in [1.807, 2.05) is 31.2 Å². The standard InChI is InChI=1S/C25H28F4N2O2/c1-15-7-8-18-20(5-4-6-21(18)31-15)30-14-24(32,25(27,28)29)13-23(2,3)19-12-17(26)11-16-9-10-33-22(16)19/h4,6-8,11-12,20,30,32H,5,9-10,13-14H2,1-3H3/t20?,24-/m1/s1. The van der Waals surface area contributed by atoms with Crippen molar-refractivity contribution >= 4 is 6.08 Å². The number of benzene rings is 1. The van der Waals surface area contributed by atoms with Gasteiger partial charge in [-0.25, -0.2) is 4.39 Å². The smallest absolute Gasteiger partial charge is 0.418 e. The molecule has 1 aliphatic carbocycles. The van der Waals surface area contributed by atoms with Gasteiger partial charge in [0.1, 0.15) is 11.6 Å². The number of hydrogen-bond donors (Lipinski definition) is 2. The zero-order valence-electron chi connectivity index (χ0n) is 18.9. The molecule has 0 spiro atoms. The third-order valence-corrected chi connectivity index (χ3v) is 6.50. The van der Waals surface area contributed by atoms with Gasteiger partial charge in [-0.3, -0.25) is 4.98 Å². The van der Waals surface area contributed by atoms with Crippen LogP contribution in [0, 0.1) is 12.7 Å². The number of alkyl halides is 3. The van der Waals surface area contributed by atoms with Gasteiger partial charge in [0.25, 0.3) is 0 Å². The quantitative estimate of drug-likeness (QED) is 0.579. The lowest BCUT2D eigenvalue weighted by Gasteiger charge is -2.39. The van der Waals surface area contributed by atoms with Crippen LogP contribution >= 0.6 is 0 Å². The minimum Gasteiger partial charge on any atom is -0.493 e. The SMILES string of the molecule is Cc1ccc2c(n1)C=CCC2NC[C@](O)(CC(C)(C)c1cc(F)cc2c1OCC2)C(F)(F)F. The second kappa shape index (κ2) is 8.40. The van der Waals surface area contributed by atoms with Gasteiger partial charge in [0, 0.05) is 35.8 Å². The van der Waals surface area contributed by atoms with E-state index in [0.29, 0.717) is 42.0 Å². The fraction of sp³-hybridized carbons (Fsp3) is 0.480. The molecule has 0 bridgehead atoms. The van der Waals surface area contributed by atoms with Gasteiger partial charge in [-0.15, -0.1) is 0 Å². The summed E-state index contributed by atoms with van der Waals surface area (Å²) in [7, 11) is 0. The zero-order valence-corrected chi connectivity index (χ0v) is 18.9. The molecule has 0 fully saturated rings. The predicted octanol–water partition coefficient (Wildman–Crippen LogP) is 5.17. The van der Waals surface area contributed by atoms with E-state index in [1.165, 1.54) is 12.1 Å². The van der Waals surface area contributed by atoms with Crippen molar-refractivity contribution in [1.29, 1.82) is 0 Å². The van der Waals surface area contributed by atoms with Crippen LogP contribution in [0.15, 0.2) is 30.3 Å². The molecule has 4 rings (SSSR count). The molecular formula is C25H28F4N2O2. The second-order valence-electron chi connectivity index (χ2n) is 9.63. The molecule has 2 heterocycles. The van der Waals surface area contributed by atoms with Gasteiger partial charge in [0.15, 0.2) is 5.60 Å². The number of hydrogen-bond acceptors (Lipinski definition) is 4. The monoisotopic (exact) mass is 464 g/mol. The maximum atomic E-state index is 14.2. The third-order valence-electron chi connectivity index (χ3n) is 6.50. The minimum atomic E-state index is -4.90. The maximum absolute atomic E-state index is 14.2. The molecule has 33 heavy (non-hydrogen) atoms. The average Bonchev–Trinajstić information content (AvgIpc) is 3.18. The summed E-state index contributed by atoms with van der Waals surface area (Å²) in [6.45, 7) is 4.65. The molecule has 0 saturated heterocycles. The Bertz CT molecular complexity index is 1080. The minimum absolute atomic E-state index is 0.336. The number of aliphatic hydroxyl groups is 1. The number of aromatic nitrogens is 1. The number of halogens is 4. The molecule has 8 heteroatoms. The molecule has 1 aromatic heterocycles. The zero-order chi connectivity index (χ0) is 24.0. The fourth-order valence-corrected chi connectivity index (χ4v) is 4.81. The van der Waals surface area contributed by atoms with E-state index in [4.69, 9.17) is 4.74 Å². The van der Waals surface area contributed by atoms with Gasteiger partial charge >= 0.3 is 6.18 Å². The van der Waals surface area contributed by atoms with E-state index >= 15 is 0 Å². The van der Waals surface area contributed by atoms with Crippen LogP contribution in [0.25, 0.3) is 6.08 Å². The lowest BCUT2D eigenvalue weighted by molar-refractivity contribution is -0.264. The van der Waals surface area contributed by atoms with Crippen LogP contribution in [0.2, 0.25) is 0 Å². The summed E-state index contributed by atoms with van der Waals surface area (Å²) >= 11 is 0. The molecule has 1 aliphatic heterocycles. The van der Waals surface area contributed by atoms with Crippen molar-refractivity contribution in [1.82, 2.24) is 10.3 Å². The van der Waals surface area contributed by atoms with Crippen LogP contribution in [0.5, 0.6) is 5.75 Å². The Morgan fingerprint density at radius 3 is 2.70 bits per heavy atom. The lowest BCUT2D eigenvalue weighted by Crippen LogP contribution is -2.55. The number of rotatable bonds is 6. The molecule has 1 unspecified atom stereocenters. The van der Waals surface area contributed by atoms with Gasteiger partial charge in [-0.05, 0) is 55.0 Å². The summed E-state index contributed by atoms with van der Waals surface area (Å²) in [5, 5.41) is 13.8. The highest BCUT2D eigenvalue weighted by Gasteiger charge is 2.56. The van der Waals surface area contributed by atoms with Crippen molar-refractivity contribution in [3.63, 3.8) is 0 Å². The molecule has 2 aromatic rings. The average molecular weight is 465 g/mol. The third kappa shape index (κ3) is 4.64. The van der Waals surface area contributed by atoms with E-state index in [1.54, 1.807) is 13.8 Å². The first-order chi connectivity index (χ1) is 15.4. The Kier molecular flexibility index (Phi) is 6.03. The number of nitrogens with one attached hydrogen (secondary N) is 1. The number of pyridine rings is 1. The Balaban J connectivity index is 1.60. The Morgan fingerprint density at radius 1 is 1.21 bits per heavy atom. The van der Waals surface area contributed by atoms with E-state index < -0.39 is 42.0 Å². The van der Waals surface area contributed by atoms with E-state index in [9.17, 15) is 22.7 Å². The van der Waals surface area contributed by atoms with Crippen LogP contribution in [0.1, 0.15) is 60.8 Å². The predicted molar refractivity (Wildman–Crippen MR) is 118 cm³/mol. The molecule has 178 valence electrons. The largest absolute Gasteiger partial charge is 0.493 e. The van der Waals surface area contributed by atoms with E-state index in [2.05, 4.69) is 10.3 Å². The van der Waals surface area contributed by atoms with Crippen LogP contribution in [0.3, 0.4) is 0 Å². The van der Waals surface area contributed by atoms with Crippen molar-refractivity contribution in [2.45, 2.75) is 63.3 Å². The van der Waals surface area contributed by atoms with E-state index in [0.717, 1.165) is 11.3 Å². The van der Waals surface area contributed by atoms with Gasteiger partial charge in [0.05, 0.1) is 12.3 Å². The number of ether oxygens (including phenoxy) is 1. The lowest BCUT2D eigenvalue weighted by atomic mass is 9.74. The molecule has 0 saturated carbocycles. The molecular weight excluding hydrogens is 436 g/mol. The highest BCUT2D eigenvalue weighted by molar-refractivity contribution is 5.54. The summed E-state index contributed by atoms with van der Waals surface area (Å²) in [5.41, 5.74) is -0.939. The second-order valence-corrected chi connectivity index (χ2v) is 9.63. The van der Waals surface area contributed by atoms with Crippen LogP contribution in [0.4, 0.5) is 17.6 Å². The van der Waals surface area contributed by atoms with Crippen LogP contribution < -0.4 is 10.1 Å². The van der Waals surface area contributed by atoms with Crippen molar-refractivity contribution in [2.24, 2.45) is 0 Å². The van der Waals surface area contributed by atoms with Gasteiger partial charge in [0.2, 0.25) is 0 Å². The number of nitrogens with zero attached hydrogens (tertiary/aromatic N) is 1. The highest BCUT2D eigenvalue weighted by Crippen LogP contribution is 2.46. The summed E-state index contributed by atoms with van der Waals surface area (Å²) in [6.07, 6.45) is -0.852. The fourth-order valence-electron chi connectivity index (χ4n) is 4.81. The van der Waals surface area contributed by atoms with Crippen LogP contribution in [-0.4, -0.2) is 35.0 Å². The Labute approximate surface area is 190 Å².